The molecule has 0 saturated heterocycles. The first kappa shape index (κ1) is 8.78. The molecule has 0 saturated carbocycles. The van der Waals surface area contributed by atoms with Crippen LogP contribution in [0.1, 0.15) is 0 Å². The second-order valence-electron chi connectivity index (χ2n) is 3.40. The summed E-state index contributed by atoms with van der Waals surface area (Å²) in [5, 5.41) is 29.0. The number of nitro groups is 1. The van der Waals surface area contributed by atoms with Gasteiger partial charge >= 0.3 is 5.69 Å². The summed E-state index contributed by atoms with van der Waals surface area (Å²) in [6.45, 7) is 0. The number of benzene rings is 2. The van der Waals surface area contributed by atoms with Crippen LogP contribution in [0.2, 0.25) is 0 Å². The molecule has 1 aliphatic heterocycles. The quantitative estimate of drug-likeness (QED) is 0.499. The van der Waals surface area contributed by atoms with Gasteiger partial charge in [0.25, 0.3) is 0 Å². The highest BCUT2D eigenvalue weighted by molar-refractivity contribution is 6.07. The molecule has 0 radical (unpaired) electrons. The van der Waals surface area contributed by atoms with Gasteiger partial charge in [0, 0.05) is 5.39 Å². The number of fused-ring (bicyclic) bond motifs is 4. The SMILES string of the molecule is O=[N+]([O-])c1c2c(O)c(c3ccccc13)N=N2. The van der Waals surface area contributed by atoms with Gasteiger partial charge in [0.2, 0.25) is 5.69 Å². The van der Waals surface area contributed by atoms with Crippen molar-refractivity contribution >= 4 is 27.8 Å². The van der Waals surface area contributed by atoms with Crippen LogP contribution in [-0.2, 0) is 0 Å². The normalized spacial score (nSPS) is 12.2. The van der Waals surface area contributed by atoms with Crippen molar-refractivity contribution in [1.29, 1.82) is 0 Å². The molecule has 0 amide bonds. The first-order valence-electron chi connectivity index (χ1n) is 4.54. The Bertz CT molecular complexity index is 664. The average Bonchev–Trinajstić information content (AvgIpc) is 2.55. The lowest BCUT2D eigenvalue weighted by Gasteiger charge is -2.02. The Morgan fingerprint density at radius 3 is 2.44 bits per heavy atom. The topological polar surface area (TPSA) is 88.1 Å². The van der Waals surface area contributed by atoms with E-state index in [0.29, 0.717) is 16.5 Å². The van der Waals surface area contributed by atoms with Gasteiger partial charge in [-0.1, -0.05) is 18.2 Å². The highest BCUT2D eigenvalue weighted by Crippen LogP contribution is 2.54. The summed E-state index contributed by atoms with van der Waals surface area (Å²) < 4.78 is 0. The van der Waals surface area contributed by atoms with E-state index < -0.39 is 4.92 Å². The highest BCUT2D eigenvalue weighted by atomic mass is 16.6. The van der Waals surface area contributed by atoms with E-state index in [4.69, 9.17) is 0 Å². The van der Waals surface area contributed by atoms with Crippen molar-refractivity contribution < 1.29 is 10.0 Å². The number of hydrogen-bond donors (Lipinski definition) is 1. The molecule has 0 fully saturated rings. The average molecular weight is 215 g/mol. The maximum Gasteiger partial charge on any atom is 0.308 e. The molecule has 3 rings (SSSR count). The maximum absolute atomic E-state index is 11.0. The van der Waals surface area contributed by atoms with E-state index in [1.54, 1.807) is 24.3 Å². The zero-order valence-electron chi connectivity index (χ0n) is 7.91. The van der Waals surface area contributed by atoms with E-state index >= 15 is 0 Å². The third-order valence-electron chi connectivity index (χ3n) is 2.54. The lowest BCUT2D eigenvalue weighted by molar-refractivity contribution is -0.382. The molecule has 6 nitrogen and oxygen atoms in total. The molecule has 6 heteroatoms. The first-order chi connectivity index (χ1) is 7.70. The molecule has 0 atom stereocenters. The summed E-state index contributed by atoms with van der Waals surface area (Å²) in [4.78, 5) is 10.4. The molecule has 1 N–H and O–H groups in total. The molecule has 2 bridgehead atoms. The minimum Gasteiger partial charge on any atom is -0.504 e. The standard InChI is InChI=1S/C10H5N3O3/c14-10-7-5-3-1-2-4-6(5)9(13(15)16)8(10)12-11-7/h1-4,14H. The molecule has 0 aromatic heterocycles. The van der Waals surface area contributed by atoms with E-state index in [2.05, 4.69) is 10.2 Å². The van der Waals surface area contributed by atoms with Gasteiger partial charge in [0.15, 0.2) is 5.75 Å². The smallest absolute Gasteiger partial charge is 0.308 e. The highest BCUT2D eigenvalue weighted by Gasteiger charge is 2.30. The van der Waals surface area contributed by atoms with E-state index in [1.807, 2.05) is 0 Å². The Balaban J connectivity index is 2.60. The summed E-state index contributed by atoms with van der Waals surface area (Å²) in [6, 6.07) is 6.72. The number of nitro benzene ring substituents is 1. The van der Waals surface area contributed by atoms with Crippen LogP contribution < -0.4 is 0 Å². The predicted molar refractivity (Wildman–Crippen MR) is 56.4 cm³/mol. The molecule has 2 aromatic rings. The Hall–Kier alpha value is -2.50. The van der Waals surface area contributed by atoms with Crippen LogP contribution in [0.4, 0.5) is 17.1 Å². The van der Waals surface area contributed by atoms with Crippen molar-refractivity contribution in [3.63, 3.8) is 0 Å². The minimum absolute atomic E-state index is 0.0568. The second-order valence-corrected chi connectivity index (χ2v) is 3.40. The third-order valence-corrected chi connectivity index (χ3v) is 2.54. The zero-order chi connectivity index (χ0) is 11.3. The number of aromatic hydroxyl groups is 1. The Labute approximate surface area is 89.0 Å². The van der Waals surface area contributed by atoms with Crippen LogP contribution in [-0.4, -0.2) is 10.0 Å². The van der Waals surface area contributed by atoms with Crippen molar-refractivity contribution in [3.8, 4) is 5.75 Å². The van der Waals surface area contributed by atoms with Gasteiger partial charge in [0.05, 0.1) is 10.3 Å². The lowest BCUT2D eigenvalue weighted by Crippen LogP contribution is -1.89. The van der Waals surface area contributed by atoms with Crippen LogP contribution in [0.25, 0.3) is 10.8 Å². The summed E-state index contributed by atoms with van der Waals surface area (Å²) >= 11 is 0. The number of phenols is 1. The first-order valence-corrected chi connectivity index (χ1v) is 4.54. The fraction of sp³-hybridized carbons (Fsp3) is 0. The van der Waals surface area contributed by atoms with Gasteiger partial charge in [-0.3, -0.25) is 10.1 Å². The summed E-state index contributed by atoms with van der Waals surface area (Å²) in [7, 11) is 0. The largest absolute Gasteiger partial charge is 0.504 e. The van der Waals surface area contributed by atoms with E-state index in [0.717, 1.165) is 0 Å². The molecule has 0 aliphatic carbocycles. The van der Waals surface area contributed by atoms with E-state index in [9.17, 15) is 15.2 Å². The molecule has 16 heavy (non-hydrogen) atoms. The van der Waals surface area contributed by atoms with Gasteiger partial charge in [-0.25, -0.2) is 0 Å². The number of azo groups is 1. The predicted octanol–water partition coefficient (Wildman–Crippen LogP) is 3.18. The monoisotopic (exact) mass is 215 g/mol. The zero-order valence-corrected chi connectivity index (χ0v) is 7.91. The van der Waals surface area contributed by atoms with Crippen molar-refractivity contribution in [1.82, 2.24) is 0 Å². The summed E-state index contributed by atoms with van der Waals surface area (Å²) in [5.41, 5.74) is 0.0491. The van der Waals surface area contributed by atoms with E-state index in [1.165, 1.54) is 0 Å². The van der Waals surface area contributed by atoms with Gasteiger partial charge in [-0.05, 0) is 6.07 Å². The van der Waals surface area contributed by atoms with Crippen molar-refractivity contribution in [2.45, 2.75) is 0 Å². The van der Waals surface area contributed by atoms with Gasteiger partial charge in [0.1, 0.15) is 5.69 Å². The Kier molecular flexibility index (Phi) is 1.51. The molecule has 1 aliphatic rings. The molecule has 0 spiro atoms. The number of phenolic OH excluding ortho intramolecular Hbond substituents is 1. The number of hydrogen-bond acceptors (Lipinski definition) is 5. The fourth-order valence-corrected chi connectivity index (χ4v) is 1.86. The molecule has 0 unspecified atom stereocenters. The van der Waals surface area contributed by atoms with Gasteiger partial charge < -0.3 is 5.11 Å². The third kappa shape index (κ3) is 0.902. The van der Waals surface area contributed by atoms with Crippen LogP contribution in [0.3, 0.4) is 0 Å². The van der Waals surface area contributed by atoms with E-state index in [-0.39, 0.29) is 17.1 Å². The lowest BCUT2D eigenvalue weighted by atomic mass is 10.1. The molecule has 1 heterocycles. The van der Waals surface area contributed by atoms with Crippen molar-refractivity contribution in [2.24, 2.45) is 10.2 Å². The molecule has 2 aromatic carbocycles. The molecular weight excluding hydrogens is 210 g/mol. The molecular formula is C10H5N3O3. The number of nitrogens with zero attached hydrogens (tertiary/aromatic N) is 3. The Morgan fingerprint density at radius 2 is 1.75 bits per heavy atom. The number of rotatable bonds is 1. The van der Waals surface area contributed by atoms with Crippen molar-refractivity contribution in [3.05, 3.63) is 34.4 Å². The summed E-state index contributed by atoms with van der Waals surface area (Å²) in [6.07, 6.45) is 0. The minimum atomic E-state index is -0.550. The van der Waals surface area contributed by atoms with Gasteiger partial charge in [-0.15, -0.1) is 10.2 Å². The molecule has 78 valence electrons. The fourth-order valence-electron chi connectivity index (χ4n) is 1.86. The van der Waals surface area contributed by atoms with Crippen LogP contribution in [0, 0.1) is 10.1 Å². The van der Waals surface area contributed by atoms with Crippen LogP contribution >= 0.6 is 0 Å². The van der Waals surface area contributed by atoms with Crippen molar-refractivity contribution in [2.75, 3.05) is 0 Å². The van der Waals surface area contributed by atoms with Crippen LogP contribution in [0.5, 0.6) is 5.75 Å². The summed E-state index contributed by atoms with van der Waals surface area (Å²) in [5.74, 6) is -0.217. The van der Waals surface area contributed by atoms with Gasteiger partial charge in [-0.2, -0.15) is 0 Å². The van der Waals surface area contributed by atoms with Crippen LogP contribution in [0.15, 0.2) is 34.5 Å². The Morgan fingerprint density at radius 1 is 1.12 bits per heavy atom. The maximum atomic E-state index is 11.0. The second kappa shape index (κ2) is 2.75.